The topological polar surface area (TPSA) is 54.0 Å². The molecule has 1 aromatic carbocycles. The molecular weight excluding hydrogens is 389 g/mol. The number of hydrogen-bond acceptors (Lipinski definition) is 4. The van der Waals surface area contributed by atoms with Crippen LogP contribution in [0.25, 0.3) is 0 Å². The van der Waals surface area contributed by atoms with E-state index in [0.29, 0.717) is 5.13 Å². The Kier molecular flexibility index (Phi) is 5.92. The van der Waals surface area contributed by atoms with Crippen LogP contribution < -0.4 is 10.6 Å². The van der Waals surface area contributed by atoms with Crippen LogP contribution >= 0.6 is 35.3 Å². The summed E-state index contributed by atoms with van der Waals surface area (Å²) in [4.78, 5) is 18.1. The summed E-state index contributed by atoms with van der Waals surface area (Å²) in [5.74, 6) is 0.311. The summed E-state index contributed by atoms with van der Waals surface area (Å²) in [5.41, 5.74) is 2.68. The maximum absolute atomic E-state index is 12.5. The number of aromatic nitrogens is 1. The standard InChI is InChI=1S/C19H22ClN3OS.ClH/c1-12-8-14(20)3-2-13(12)9-15-11-22-18(25-15)23-17(24)16-10-19(16)4-6-21-7-5-19;/h2-3,8,11,16,21H,4-7,9-10H2,1H3,(H,22,23,24);1H. The van der Waals surface area contributed by atoms with Gasteiger partial charge in [0.05, 0.1) is 0 Å². The van der Waals surface area contributed by atoms with E-state index in [1.807, 2.05) is 18.3 Å². The van der Waals surface area contributed by atoms with Gasteiger partial charge in [-0.1, -0.05) is 17.7 Å². The van der Waals surface area contributed by atoms with Gasteiger partial charge >= 0.3 is 0 Å². The zero-order valence-corrected chi connectivity index (χ0v) is 17.1. The zero-order chi connectivity index (χ0) is 17.4. The number of nitrogens with one attached hydrogen (secondary N) is 2. The molecule has 2 fully saturated rings. The Morgan fingerprint density at radius 3 is 2.92 bits per heavy atom. The van der Waals surface area contributed by atoms with Gasteiger partial charge in [0.15, 0.2) is 5.13 Å². The van der Waals surface area contributed by atoms with Crippen LogP contribution in [0, 0.1) is 18.3 Å². The summed E-state index contributed by atoms with van der Waals surface area (Å²) in [7, 11) is 0. The molecule has 1 aromatic heterocycles. The average molecular weight is 412 g/mol. The van der Waals surface area contributed by atoms with E-state index in [0.717, 1.165) is 48.7 Å². The fourth-order valence-electron chi connectivity index (χ4n) is 3.88. The number of piperidine rings is 1. The summed E-state index contributed by atoms with van der Waals surface area (Å²) in [6.07, 6.45) is 5.94. The molecule has 1 spiro atoms. The number of rotatable bonds is 4. The molecule has 2 aromatic rings. The van der Waals surface area contributed by atoms with Crippen LogP contribution in [-0.2, 0) is 11.2 Å². The number of carbonyl (C=O) groups excluding carboxylic acids is 1. The van der Waals surface area contributed by atoms with Gasteiger partial charge in [-0.2, -0.15) is 0 Å². The van der Waals surface area contributed by atoms with E-state index in [9.17, 15) is 4.79 Å². The molecule has 1 atom stereocenters. The molecule has 4 rings (SSSR count). The van der Waals surface area contributed by atoms with E-state index in [-0.39, 0.29) is 29.6 Å². The van der Waals surface area contributed by atoms with Gasteiger partial charge in [-0.3, -0.25) is 4.79 Å². The Hall–Kier alpha value is -1.14. The Bertz CT molecular complexity index is 802. The number of carbonyl (C=O) groups is 1. The summed E-state index contributed by atoms with van der Waals surface area (Å²) < 4.78 is 0. The highest BCUT2D eigenvalue weighted by atomic mass is 35.5. The predicted molar refractivity (Wildman–Crippen MR) is 110 cm³/mol. The Morgan fingerprint density at radius 2 is 2.19 bits per heavy atom. The largest absolute Gasteiger partial charge is 0.317 e. The monoisotopic (exact) mass is 411 g/mol. The van der Waals surface area contributed by atoms with Crippen molar-refractivity contribution in [3.63, 3.8) is 0 Å². The number of halogens is 2. The number of benzene rings is 1. The molecule has 2 heterocycles. The second kappa shape index (κ2) is 7.85. The van der Waals surface area contributed by atoms with Crippen LogP contribution in [0.15, 0.2) is 24.4 Å². The van der Waals surface area contributed by atoms with Crippen molar-refractivity contribution in [2.24, 2.45) is 11.3 Å². The average Bonchev–Trinajstić information content (AvgIpc) is 3.09. The Morgan fingerprint density at radius 1 is 1.42 bits per heavy atom. The maximum atomic E-state index is 12.5. The number of hydrogen-bond donors (Lipinski definition) is 2. The number of nitrogens with zero attached hydrogens (tertiary/aromatic N) is 1. The lowest BCUT2D eigenvalue weighted by Crippen LogP contribution is -2.31. The summed E-state index contributed by atoms with van der Waals surface area (Å²) in [6, 6.07) is 5.95. The Balaban J connectivity index is 0.00000196. The number of amides is 1. The molecule has 0 radical (unpaired) electrons. The third-order valence-electron chi connectivity index (χ3n) is 5.56. The first-order valence-electron chi connectivity index (χ1n) is 8.77. The van der Waals surface area contributed by atoms with Crippen LogP contribution in [0.1, 0.15) is 35.3 Å². The minimum absolute atomic E-state index is 0. The molecule has 0 bridgehead atoms. The van der Waals surface area contributed by atoms with Crippen molar-refractivity contribution in [2.45, 2.75) is 32.6 Å². The zero-order valence-electron chi connectivity index (χ0n) is 14.7. The first-order valence-corrected chi connectivity index (χ1v) is 9.96. The molecule has 2 N–H and O–H groups in total. The molecule has 4 nitrogen and oxygen atoms in total. The molecule has 1 amide bonds. The van der Waals surface area contributed by atoms with Crippen molar-refractivity contribution in [2.75, 3.05) is 18.4 Å². The van der Waals surface area contributed by atoms with Gasteiger partial charge in [-0.05, 0) is 68.0 Å². The Labute approximate surface area is 169 Å². The smallest absolute Gasteiger partial charge is 0.229 e. The third kappa shape index (κ3) is 4.06. The molecule has 7 heteroatoms. The van der Waals surface area contributed by atoms with Crippen molar-refractivity contribution >= 4 is 46.4 Å². The second-order valence-electron chi connectivity index (χ2n) is 7.24. The molecule has 1 saturated carbocycles. The SMILES string of the molecule is Cc1cc(Cl)ccc1Cc1cnc(NC(=O)C2CC23CCNCC3)s1.Cl. The number of anilines is 1. The normalized spacial score (nSPS) is 20.5. The summed E-state index contributed by atoms with van der Waals surface area (Å²) in [6.45, 7) is 4.13. The summed E-state index contributed by atoms with van der Waals surface area (Å²) in [5, 5.41) is 7.88. The minimum Gasteiger partial charge on any atom is -0.317 e. The van der Waals surface area contributed by atoms with Gasteiger partial charge in [-0.25, -0.2) is 4.98 Å². The molecule has 1 unspecified atom stereocenters. The van der Waals surface area contributed by atoms with E-state index in [1.165, 1.54) is 11.1 Å². The van der Waals surface area contributed by atoms with E-state index in [1.54, 1.807) is 11.3 Å². The van der Waals surface area contributed by atoms with Crippen LogP contribution in [-0.4, -0.2) is 24.0 Å². The van der Waals surface area contributed by atoms with E-state index >= 15 is 0 Å². The quantitative estimate of drug-likeness (QED) is 0.781. The molecule has 2 aliphatic rings. The van der Waals surface area contributed by atoms with Gasteiger partial charge in [0.2, 0.25) is 5.91 Å². The second-order valence-corrected chi connectivity index (χ2v) is 8.79. The lowest BCUT2D eigenvalue weighted by atomic mass is 9.92. The van der Waals surface area contributed by atoms with Gasteiger partial charge in [0, 0.05) is 28.4 Å². The first kappa shape index (κ1) is 19.6. The molecule has 1 saturated heterocycles. The van der Waals surface area contributed by atoms with Gasteiger partial charge < -0.3 is 10.6 Å². The highest BCUT2D eigenvalue weighted by Crippen LogP contribution is 2.58. The van der Waals surface area contributed by atoms with Crippen molar-refractivity contribution in [3.05, 3.63) is 45.4 Å². The number of thiazole rings is 1. The fraction of sp³-hybridized carbons (Fsp3) is 0.474. The van der Waals surface area contributed by atoms with Crippen LogP contribution in [0.3, 0.4) is 0 Å². The van der Waals surface area contributed by atoms with Gasteiger partial charge in [0.1, 0.15) is 0 Å². The lowest BCUT2D eigenvalue weighted by Gasteiger charge is -2.22. The van der Waals surface area contributed by atoms with E-state index in [4.69, 9.17) is 11.6 Å². The van der Waals surface area contributed by atoms with Crippen molar-refractivity contribution in [3.8, 4) is 0 Å². The van der Waals surface area contributed by atoms with Crippen LogP contribution in [0.5, 0.6) is 0 Å². The molecule has 1 aliphatic carbocycles. The highest BCUT2D eigenvalue weighted by Gasteiger charge is 2.57. The molecular formula is C19H23Cl2N3OS. The third-order valence-corrected chi connectivity index (χ3v) is 6.71. The van der Waals surface area contributed by atoms with E-state index < -0.39 is 0 Å². The predicted octanol–water partition coefficient (Wildman–Crippen LogP) is 4.45. The molecule has 26 heavy (non-hydrogen) atoms. The van der Waals surface area contributed by atoms with Gasteiger partial charge in [-0.15, -0.1) is 23.7 Å². The first-order chi connectivity index (χ1) is 12.1. The highest BCUT2D eigenvalue weighted by molar-refractivity contribution is 7.15. The van der Waals surface area contributed by atoms with E-state index in [2.05, 4.69) is 28.6 Å². The molecule has 140 valence electrons. The van der Waals surface area contributed by atoms with Crippen molar-refractivity contribution in [1.29, 1.82) is 0 Å². The van der Waals surface area contributed by atoms with Gasteiger partial charge in [0.25, 0.3) is 0 Å². The molecule has 1 aliphatic heterocycles. The maximum Gasteiger partial charge on any atom is 0.229 e. The van der Waals surface area contributed by atoms with Crippen molar-refractivity contribution in [1.82, 2.24) is 10.3 Å². The van der Waals surface area contributed by atoms with Crippen molar-refractivity contribution < 1.29 is 4.79 Å². The fourth-order valence-corrected chi connectivity index (χ4v) is 4.95. The summed E-state index contributed by atoms with van der Waals surface area (Å²) >= 11 is 7.58. The van der Waals surface area contributed by atoms with Crippen LogP contribution in [0.4, 0.5) is 5.13 Å². The van der Waals surface area contributed by atoms with Crippen LogP contribution in [0.2, 0.25) is 5.02 Å². The number of aryl methyl sites for hydroxylation is 1. The minimum atomic E-state index is 0. The lowest BCUT2D eigenvalue weighted by molar-refractivity contribution is -0.118.